The highest BCUT2D eigenvalue weighted by Crippen LogP contribution is 2.25. The van der Waals surface area contributed by atoms with E-state index in [1.165, 1.54) is 0 Å². The summed E-state index contributed by atoms with van der Waals surface area (Å²) in [5.41, 5.74) is 6.38. The average Bonchev–Trinajstić information content (AvgIpc) is 2.22. The van der Waals surface area contributed by atoms with Crippen LogP contribution in [0.2, 0.25) is 5.02 Å². The second-order valence-corrected chi connectivity index (χ2v) is 4.80. The maximum Gasteiger partial charge on any atom is 0.241 e. The topological polar surface area (TPSA) is 55.1 Å². The van der Waals surface area contributed by atoms with Crippen LogP contribution in [0.5, 0.6) is 0 Å². The zero-order valence-electron chi connectivity index (χ0n) is 8.97. The molecule has 0 saturated heterocycles. The fourth-order valence-corrected chi connectivity index (χ4v) is 2.04. The Bertz CT molecular complexity index is 384. The molecule has 0 aliphatic heterocycles. The first-order chi connectivity index (χ1) is 7.54. The Morgan fingerprint density at radius 3 is 2.88 bits per heavy atom. The first-order valence-corrected chi connectivity index (χ1v) is 6.23. The van der Waals surface area contributed by atoms with Crippen LogP contribution in [0.15, 0.2) is 22.7 Å². The Morgan fingerprint density at radius 2 is 2.31 bits per heavy atom. The third-order valence-electron chi connectivity index (χ3n) is 2.13. The van der Waals surface area contributed by atoms with E-state index in [4.69, 9.17) is 17.3 Å². The summed E-state index contributed by atoms with van der Waals surface area (Å²) < 4.78 is 0.747. The number of halogens is 2. The van der Waals surface area contributed by atoms with Gasteiger partial charge in [-0.3, -0.25) is 4.79 Å². The molecule has 0 bridgehead atoms. The second kappa shape index (κ2) is 6.23. The van der Waals surface area contributed by atoms with E-state index in [-0.39, 0.29) is 5.91 Å². The zero-order valence-corrected chi connectivity index (χ0v) is 11.3. The van der Waals surface area contributed by atoms with Crippen molar-refractivity contribution in [1.82, 2.24) is 0 Å². The van der Waals surface area contributed by atoms with Crippen LogP contribution in [0, 0.1) is 0 Å². The summed E-state index contributed by atoms with van der Waals surface area (Å²) >= 11 is 9.12. The van der Waals surface area contributed by atoms with Gasteiger partial charge in [0, 0.05) is 9.50 Å². The summed E-state index contributed by atoms with van der Waals surface area (Å²) in [4.78, 5) is 11.6. The smallest absolute Gasteiger partial charge is 0.241 e. The van der Waals surface area contributed by atoms with E-state index in [1.54, 1.807) is 18.2 Å². The van der Waals surface area contributed by atoms with Gasteiger partial charge in [0.15, 0.2) is 0 Å². The van der Waals surface area contributed by atoms with E-state index in [0.29, 0.717) is 17.1 Å². The lowest BCUT2D eigenvalue weighted by Crippen LogP contribution is -2.35. The van der Waals surface area contributed by atoms with Crippen LogP contribution >= 0.6 is 27.5 Å². The third-order valence-corrected chi connectivity index (χ3v) is 3.02. The molecule has 0 heterocycles. The van der Waals surface area contributed by atoms with Crippen molar-refractivity contribution in [2.24, 2.45) is 5.73 Å². The molecule has 0 saturated carbocycles. The van der Waals surface area contributed by atoms with Crippen molar-refractivity contribution in [3.63, 3.8) is 0 Å². The van der Waals surface area contributed by atoms with Gasteiger partial charge in [-0.25, -0.2) is 0 Å². The molecule has 16 heavy (non-hydrogen) atoms. The van der Waals surface area contributed by atoms with Gasteiger partial charge in [-0.15, -0.1) is 0 Å². The summed E-state index contributed by atoms with van der Waals surface area (Å²) in [6, 6.07) is 4.71. The molecule has 3 nitrogen and oxygen atoms in total. The van der Waals surface area contributed by atoms with Gasteiger partial charge in [0.25, 0.3) is 0 Å². The Balaban J connectivity index is 2.69. The molecule has 0 fully saturated rings. The molecule has 0 spiro atoms. The fourth-order valence-electron chi connectivity index (χ4n) is 1.26. The molecule has 3 N–H and O–H groups in total. The van der Waals surface area contributed by atoms with Crippen LogP contribution in [-0.4, -0.2) is 11.9 Å². The van der Waals surface area contributed by atoms with E-state index in [9.17, 15) is 4.79 Å². The van der Waals surface area contributed by atoms with Gasteiger partial charge >= 0.3 is 0 Å². The van der Waals surface area contributed by atoms with Gasteiger partial charge in [-0.05, 0) is 40.5 Å². The molecule has 1 unspecified atom stereocenters. The van der Waals surface area contributed by atoms with Crippen molar-refractivity contribution in [1.29, 1.82) is 0 Å². The highest BCUT2D eigenvalue weighted by Gasteiger charge is 2.13. The predicted molar refractivity (Wildman–Crippen MR) is 70.7 cm³/mol. The van der Waals surface area contributed by atoms with Gasteiger partial charge in [0.1, 0.15) is 0 Å². The molecule has 5 heteroatoms. The number of benzene rings is 1. The molecular weight excluding hydrogens is 291 g/mol. The van der Waals surface area contributed by atoms with Gasteiger partial charge in [0.05, 0.1) is 11.7 Å². The van der Waals surface area contributed by atoms with Crippen LogP contribution < -0.4 is 11.1 Å². The van der Waals surface area contributed by atoms with E-state index in [0.717, 1.165) is 10.9 Å². The average molecular weight is 306 g/mol. The summed E-state index contributed by atoms with van der Waals surface area (Å²) in [5, 5.41) is 3.37. The first-order valence-electron chi connectivity index (χ1n) is 5.06. The minimum absolute atomic E-state index is 0.176. The molecule has 1 aromatic carbocycles. The molecule has 0 aliphatic carbocycles. The number of nitrogens with one attached hydrogen (secondary N) is 1. The molecule has 1 rings (SSSR count). The standard InChI is InChI=1S/C11H14BrClN2O/c1-2-3-9(14)11(16)15-10-5-4-7(13)6-8(10)12/h4-6,9H,2-3,14H2,1H3,(H,15,16). The Hall–Kier alpha value is -0.580. The quantitative estimate of drug-likeness (QED) is 0.897. The third kappa shape index (κ3) is 3.77. The van der Waals surface area contributed by atoms with Crippen molar-refractivity contribution in [3.05, 3.63) is 27.7 Å². The van der Waals surface area contributed by atoms with Crippen LogP contribution in [0.3, 0.4) is 0 Å². The normalized spacial score (nSPS) is 12.2. The molecule has 1 amide bonds. The van der Waals surface area contributed by atoms with Crippen LogP contribution in [0.25, 0.3) is 0 Å². The van der Waals surface area contributed by atoms with Crippen LogP contribution in [0.1, 0.15) is 19.8 Å². The van der Waals surface area contributed by atoms with Crippen molar-refractivity contribution >= 4 is 39.1 Å². The molecule has 1 aromatic rings. The Kier molecular flexibility index (Phi) is 5.25. The van der Waals surface area contributed by atoms with Gasteiger partial charge in [-0.2, -0.15) is 0 Å². The Labute approximate surface area is 108 Å². The molecule has 0 radical (unpaired) electrons. The number of nitrogens with two attached hydrogens (primary N) is 1. The lowest BCUT2D eigenvalue weighted by atomic mass is 10.1. The number of anilines is 1. The summed E-state index contributed by atoms with van der Waals surface area (Å²) in [6.45, 7) is 1.99. The number of amides is 1. The number of rotatable bonds is 4. The van der Waals surface area contributed by atoms with E-state index in [1.807, 2.05) is 6.92 Å². The van der Waals surface area contributed by atoms with Crippen molar-refractivity contribution in [2.45, 2.75) is 25.8 Å². The zero-order chi connectivity index (χ0) is 12.1. The monoisotopic (exact) mass is 304 g/mol. The number of hydrogen-bond donors (Lipinski definition) is 2. The predicted octanol–water partition coefficient (Wildman–Crippen LogP) is 3.17. The minimum atomic E-state index is -0.465. The van der Waals surface area contributed by atoms with Crippen molar-refractivity contribution in [3.8, 4) is 0 Å². The first kappa shape index (κ1) is 13.5. The largest absolute Gasteiger partial charge is 0.324 e. The number of hydrogen-bond acceptors (Lipinski definition) is 2. The van der Waals surface area contributed by atoms with Crippen LogP contribution in [0.4, 0.5) is 5.69 Å². The fraction of sp³-hybridized carbons (Fsp3) is 0.364. The summed E-state index contributed by atoms with van der Waals surface area (Å²) in [5.74, 6) is -0.176. The lowest BCUT2D eigenvalue weighted by molar-refractivity contribution is -0.117. The molecular formula is C11H14BrClN2O. The lowest BCUT2D eigenvalue weighted by Gasteiger charge is -2.12. The van der Waals surface area contributed by atoms with Crippen molar-refractivity contribution in [2.75, 3.05) is 5.32 Å². The highest BCUT2D eigenvalue weighted by atomic mass is 79.9. The van der Waals surface area contributed by atoms with Crippen molar-refractivity contribution < 1.29 is 4.79 Å². The molecule has 1 atom stereocenters. The SMILES string of the molecule is CCCC(N)C(=O)Nc1ccc(Cl)cc1Br. The van der Waals surface area contributed by atoms with Gasteiger partial charge in [-0.1, -0.05) is 24.9 Å². The van der Waals surface area contributed by atoms with E-state index < -0.39 is 6.04 Å². The van der Waals surface area contributed by atoms with Crippen LogP contribution in [-0.2, 0) is 4.79 Å². The number of carbonyl (C=O) groups excluding carboxylic acids is 1. The summed E-state index contributed by atoms with van der Waals surface area (Å²) in [6.07, 6.45) is 1.56. The molecule has 0 aromatic heterocycles. The molecule has 0 aliphatic rings. The van der Waals surface area contributed by atoms with E-state index in [2.05, 4.69) is 21.2 Å². The second-order valence-electron chi connectivity index (χ2n) is 3.51. The maximum absolute atomic E-state index is 11.6. The highest BCUT2D eigenvalue weighted by molar-refractivity contribution is 9.10. The van der Waals surface area contributed by atoms with E-state index >= 15 is 0 Å². The van der Waals surface area contributed by atoms with Gasteiger partial charge in [0.2, 0.25) is 5.91 Å². The number of carbonyl (C=O) groups is 1. The minimum Gasteiger partial charge on any atom is -0.324 e. The summed E-state index contributed by atoms with van der Waals surface area (Å²) in [7, 11) is 0. The maximum atomic E-state index is 11.6. The molecule has 88 valence electrons. The van der Waals surface area contributed by atoms with Gasteiger partial charge < -0.3 is 11.1 Å². The Morgan fingerprint density at radius 1 is 1.62 bits per heavy atom.